The summed E-state index contributed by atoms with van der Waals surface area (Å²) < 4.78 is 15.9. The lowest BCUT2D eigenvalue weighted by Gasteiger charge is -2.39. The van der Waals surface area contributed by atoms with E-state index in [-0.39, 0.29) is 30.3 Å². The Morgan fingerprint density at radius 2 is 1.83 bits per heavy atom. The Morgan fingerprint density at radius 3 is 2.40 bits per heavy atom. The van der Waals surface area contributed by atoms with Gasteiger partial charge >= 0.3 is 5.97 Å². The van der Waals surface area contributed by atoms with Crippen LogP contribution in [0.4, 0.5) is 5.69 Å². The van der Waals surface area contributed by atoms with Gasteiger partial charge in [0.2, 0.25) is 0 Å². The van der Waals surface area contributed by atoms with Gasteiger partial charge in [0.25, 0.3) is 11.6 Å². The molecule has 0 bridgehead atoms. The topological polar surface area (TPSA) is 132 Å². The Labute approximate surface area is 173 Å². The number of likely N-dealkylation sites (N-methyl/N-ethyl adjacent to an activating group) is 1. The Hall–Kier alpha value is -3.35. The molecule has 2 aliphatic rings. The molecule has 10 nitrogen and oxygen atoms in total. The lowest BCUT2D eigenvalue weighted by Crippen LogP contribution is -2.53. The highest BCUT2D eigenvalue weighted by Gasteiger charge is 2.41. The number of hydrogen-bond donors (Lipinski definition) is 0. The maximum absolute atomic E-state index is 12.8. The number of esters is 1. The summed E-state index contributed by atoms with van der Waals surface area (Å²) in [5.74, 6) is -1.20. The van der Waals surface area contributed by atoms with Crippen LogP contribution in [-0.4, -0.2) is 53.6 Å². The van der Waals surface area contributed by atoms with Crippen LogP contribution in [0.1, 0.15) is 49.4 Å². The highest BCUT2D eigenvalue weighted by atomic mass is 16.6. The fourth-order valence-electron chi connectivity index (χ4n) is 3.81. The largest absolute Gasteiger partial charge is 0.486 e. The Kier molecular flexibility index (Phi) is 6.10. The number of hydrogen-bond acceptors (Lipinski definition) is 8. The fourth-order valence-corrected chi connectivity index (χ4v) is 3.81. The molecule has 0 unspecified atom stereocenters. The molecule has 0 aromatic heterocycles. The van der Waals surface area contributed by atoms with Crippen molar-refractivity contribution in [3.8, 4) is 17.6 Å². The average molecular weight is 417 g/mol. The van der Waals surface area contributed by atoms with Gasteiger partial charge in [0.1, 0.15) is 24.3 Å². The molecule has 1 saturated carbocycles. The minimum atomic E-state index is -1.22. The van der Waals surface area contributed by atoms with Crippen LogP contribution in [-0.2, 0) is 9.53 Å². The van der Waals surface area contributed by atoms with E-state index in [0.29, 0.717) is 12.8 Å². The van der Waals surface area contributed by atoms with Crippen molar-refractivity contribution in [1.82, 2.24) is 4.90 Å². The molecule has 0 radical (unpaired) electrons. The van der Waals surface area contributed by atoms with Crippen LogP contribution in [0.15, 0.2) is 12.1 Å². The molecule has 1 aromatic rings. The highest BCUT2D eigenvalue weighted by molar-refractivity contribution is 5.96. The molecule has 3 rings (SSSR count). The average Bonchev–Trinajstić information content (AvgIpc) is 2.77. The van der Waals surface area contributed by atoms with Crippen LogP contribution in [0.5, 0.6) is 11.5 Å². The molecule has 1 amide bonds. The van der Waals surface area contributed by atoms with Crippen molar-refractivity contribution in [3.63, 3.8) is 0 Å². The van der Waals surface area contributed by atoms with Gasteiger partial charge in [-0.25, -0.2) is 4.79 Å². The van der Waals surface area contributed by atoms with Gasteiger partial charge in [0.15, 0.2) is 17.6 Å². The molecule has 1 heterocycles. The molecule has 1 fully saturated rings. The Balaban J connectivity index is 1.79. The summed E-state index contributed by atoms with van der Waals surface area (Å²) in [5, 5.41) is 21.1. The summed E-state index contributed by atoms with van der Waals surface area (Å²) in [5.41, 5.74) is -1.77. The zero-order valence-corrected chi connectivity index (χ0v) is 16.9. The standard InChI is InChI=1S/C20H23N3O7/c1-13(18(24)22(2)20(12-21)6-4-3-5-7-20)30-19(25)14-10-16-17(29-9-8-28-16)11-15(14)23(26)27/h10-11,13H,3-9H2,1-2H3/t13-/m1/s1. The van der Waals surface area contributed by atoms with Crippen LogP contribution >= 0.6 is 0 Å². The molecule has 0 N–H and O–H groups in total. The molecule has 1 aliphatic carbocycles. The molecule has 1 aromatic carbocycles. The van der Waals surface area contributed by atoms with E-state index in [2.05, 4.69) is 6.07 Å². The van der Waals surface area contributed by atoms with Crippen LogP contribution in [0, 0.1) is 21.4 Å². The molecule has 1 aliphatic heterocycles. The van der Waals surface area contributed by atoms with Crippen molar-refractivity contribution >= 4 is 17.6 Å². The molecule has 0 spiro atoms. The van der Waals surface area contributed by atoms with E-state index in [1.807, 2.05) is 0 Å². The summed E-state index contributed by atoms with van der Waals surface area (Å²) >= 11 is 0. The second kappa shape index (κ2) is 8.57. The Bertz CT molecular complexity index is 902. The van der Waals surface area contributed by atoms with Crippen molar-refractivity contribution < 1.29 is 28.7 Å². The fraction of sp³-hybridized carbons (Fsp3) is 0.550. The lowest BCUT2D eigenvalue weighted by atomic mass is 9.81. The summed E-state index contributed by atoms with van der Waals surface area (Å²) in [4.78, 5) is 37.5. The van der Waals surface area contributed by atoms with Crippen molar-refractivity contribution in [1.29, 1.82) is 5.26 Å². The first-order valence-electron chi connectivity index (χ1n) is 9.77. The Morgan fingerprint density at radius 1 is 1.23 bits per heavy atom. The smallest absolute Gasteiger partial charge is 0.346 e. The number of carbonyl (C=O) groups is 2. The van der Waals surface area contributed by atoms with Gasteiger partial charge in [-0.1, -0.05) is 19.3 Å². The van der Waals surface area contributed by atoms with E-state index in [0.717, 1.165) is 25.3 Å². The lowest BCUT2D eigenvalue weighted by molar-refractivity contribution is -0.385. The third-order valence-electron chi connectivity index (χ3n) is 5.57. The van der Waals surface area contributed by atoms with E-state index < -0.39 is 34.1 Å². The number of fused-ring (bicyclic) bond motifs is 1. The van der Waals surface area contributed by atoms with Crippen molar-refractivity contribution in [2.24, 2.45) is 0 Å². The maximum atomic E-state index is 12.8. The van der Waals surface area contributed by atoms with Crippen LogP contribution in [0.25, 0.3) is 0 Å². The zero-order valence-electron chi connectivity index (χ0n) is 16.9. The van der Waals surface area contributed by atoms with Gasteiger partial charge in [-0.05, 0) is 19.8 Å². The SMILES string of the molecule is C[C@@H](OC(=O)c1cc2c(cc1[N+](=O)[O-])OCCO2)C(=O)N(C)C1(C#N)CCCCC1. The van der Waals surface area contributed by atoms with E-state index in [1.165, 1.54) is 24.9 Å². The normalized spacial score (nSPS) is 17.9. The molecular weight excluding hydrogens is 394 g/mol. The minimum Gasteiger partial charge on any atom is -0.486 e. The van der Waals surface area contributed by atoms with E-state index >= 15 is 0 Å². The van der Waals surface area contributed by atoms with Crippen molar-refractivity contribution in [3.05, 3.63) is 27.8 Å². The van der Waals surface area contributed by atoms with Crippen molar-refractivity contribution in [2.75, 3.05) is 20.3 Å². The first kappa shape index (κ1) is 21.4. The quantitative estimate of drug-likeness (QED) is 0.406. The van der Waals surface area contributed by atoms with Crippen LogP contribution in [0.2, 0.25) is 0 Å². The van der Waals surface area contributed by atoms with E-state index in [1.54, 1.807) is 0 Å². The minimum absolute atomic E-state index is 0.168. The summed E-state index contributed by atoms with van der Waals surface area (Å²) in [7, 11) is 1.52. The number of ether oxygens (including phenoxy) is 3. The monoisotopic (exact) mass is 417 g/mol. The number of carbonyl (C=O) groups excluding carboxylic acids is 2. The number of nitro groups is 1. The van der Waals surface area contributed by atoms with Gasteiger partial charge in [-0.3, -0.25) is 14.9 Å². The second-order valence-corrected chi connectivity index (χ2v) is 7.42. The second-order valence-electron chi connectivity index (χ2n) is 7.42. The van der Waals surface area contributed by atoms with Gasteiger partial charge in [-0.15, -0.1) is 0 Å². The third-order valence-corrected chi connectivity index (χ3v) is 5.57. The van der Waals surface area contributed by atoms with Crippen LogP contribution in [0.3, 0.4) is 0 Å². The van der Waals surface area contributed by atoms with Gasteiger partial charge < -0.3 is 19.1 Å². The summed E-state index contributed by atoms with van der Waals surface area (Å²) in [6, 6.07) is 4.54. The molecule has 10 heteroatoms. The highest BCUT2D eigenvalue weighted by Crippen LogP contribution is 2.37. The predicted octanol–water partition coefficient (Wildman–Crippen LogP) is 2.60. The number of nitrogens with zero attached hydrogens (tertiary/aromatic N) is 3. The van der Waals surface area contributed by atoms with Crippen LogP contribution < -0.4 is 9.47 Å². The molecule has 0 saturated heterocycles. The number of rotatable bonds is 5. The first-order chi connectivity index (χ1) is 14.3. The maximum Gasteiger partial charge on any atom is 0.346 e. The van der Waals surface area contributed by atoms with E-state index in [4.69, 9.17) is 14.2 Å². The van der Waals surface area contributed by atoms with Gasteiger partial charge in [0, 0.05) is 13.1 Å². The molecular formula is C20H23N3O7. The number of nitro benzene ring substituents is 1. The zero-order chi connectivity index (χ0) is 21.9. The molecule has 30 heavy (non-hydrogen) atoms. The number of amides is 1. The summed E-state index contributed by atoms with van der Waals surface area (Å²) in [6.07, 6.45) is 2.57. The predicted molar refractivity (Wildman–Crippen MR) is 103 cm³/mol. The summed E-state index contributed by atoms with van der Waals surface area (Å²) in [6.45, 7) is 1.87. The molecule has 160 valence electrons. The van der Waals surface area contributed by atoms with Gasteiger partial charge in [0.05, 0.1) is 17.1 Å². The third kappa shape index (κ3) is 4.01. The molecule has 1 atom stereocenters. The first-order valence-corrected chi connectivity index (χ1v) is 9.77. The number of nitriles is 1. The van der Waals surface area contributed by atoms with Gasteiger partial charge in [-0.2, -0.15) is 5.26 Å². The number of benzene rings is 1. The van der Waals surface area contributed by atoms with E-state index in [9.17, 15) is 25.0 Å². The van der Waals surface area contributed by atoms with Crippen molar-refractivity contribution in [2.45, 2.75) is 50.7 Å².